The van der Waals surface area contributed by atoms with Crippen LogP contribution in [0.3, 0.4) is 0 Å². The number of benzene rings is 1. The third kappa shape index (κ3) is 4.21. The van der Waals surface area contributed by atoms with Gasteiger partial charge in [0.15, 0.2) is 0 Å². The quantitative estimate of drug-likeness (QED) is 0.852. The Balaban J connectivity index is 2.73. The number of nitrogens with one attached hydrogen (secondary N) is 1. The number of hydrogen-bond acceptors (Lipinski definition) is 2. The second-order valence-electron chi connectivity index (χ2n) is 4.51. The van der Waals surface area contributed by atoms with Crippen LogP contribution in [0.15, 0.2) is 18.2 Å². The lowest BCUT2D eigenvalue weighted by atomic mass is 10.1. The topological polar surface area (TPSA) is 49.3 Å². The van der Waals surface area contributed by atoms with Crippen molar-refractivity contribution in [3.63, 3.8) is 0 Å². The van der Waals surface area contributed by atoms with E-state index in [1.165, 1.54) is 0 Å². The third-order valence-corrected chi connectivity index (χ3v) is 2.20. The molecule has 1 rings (SSSR count). The summed E-state index contributed by atoms with van der Waals surface area (Å²) in [4.78, 5) is 11.7. The van der Waals surface area contributed by atoms with Crippen molar-refractivity contribution in [1.82, 2.24) is 5.32 Å². The largest absolute Gasteiger partial charge is 0.389 e. The summed E-state index contributed by atoms with van der Waals surface area (Å²) in [5, 5.41) is 12.7. The lowest BCUT2D eigenvalue weighted by Crippen LogP contribution is -2.38. The molecule has 0 aliphatic heterocycles. The molecule has 3 nitrogen and oxygen atoms in total. The number of aryl methyl sites for hydroxylation is 1. The second kappa shape index (κ2) is 4.85. The molecule has 0 fully saturated rings. The molecular weight excluding hydrogens is 226 g/mol. The van der Waals surface area contributed by atoms with Gasteiger partial charge in [-0.3, -0.25) is 4.79 Å². The van der Waals surface area contributed by atoms with Crippen molar-refractivity contribution in [3.8, 4) is 0 Å². The molecule has 0 spiro atoms. The molecule has 0 aromatic heterocycles. The molecule has 0 heterocycles. The SMILES string of the molecule is Cc1cc(Cl)cc(C(=O)NCC(C)(C)O)c1. The Morgan fingerprint density at radius 3 is 2.56 bits per heavy atom. The fourth-order valence-electron chi connectivity index (χ4n) is 1.27. The molecule has 16 heavy (non-hydrogen) atoms. The number of rotatable bonds is 3. The second-order valence-corrected chi connectivity index (χ2v) is 4.95. The normalized spacial score (nSPS) is 11.3. The minimum Gasteiger partial charge on any atom is -0.389 e. The zero-order chi connectivity index (χ0) is 12.3. The van der Waals surface area contributed by atoms with Crippen molar-refractivity contribution in [3.05, 3.63) is 34.3 Å². The molecule has 0 saturated heterocycles. The average molecular weight is 242 g/mol. The summed E-state index contributed by atoms with van der Waals surface area (Å²) in [5.74, 6) is -0.229. The lowest BCUT2D eigenvalue weighted by Gasteiger charge is -2.17. The molecule has 1 amide bonds. The van der Waals surface area contributed by atoms with Crippen LogP contribution in [0.25, 0.3) is 0 Å². The maximum absolute atomic E-state index is 11.7. The van der Waals surface area contributed by atoms with Crippen molar-refractivity contribution in [2.75, 3.05) is 6.54 Å². The van der Waals surface area contributed by atoms with E-state index in [9.17, 15) is 9.90 Å². The predicted octanol–water partition coefficient (Wildman–Crippen LogP) is 2.15. The summed E-state index contributed by atoms with van der Waals surface area (Å²) in [6.45, 7) is 5.35. The van der Waals surface area contributed by atoms with Gasteiger partial charge in [0.05, 0.1) is 5.60 Å². The standard InChI is InChI=1S/C12H16ClNO2/c1-8-4-9(6-10(13)5-8)11(15)14-7-12(2,3)16/h4-6,16H,7H2,1-3H3,(H,14,15). The zero-order valence-electron chi connectivity index (χ0n) is 9.67. The Hall–Kier alpha value is -1.06. The van der Waals surface area contributed by atoms with Crippen LogP contribution in [0, 0.1) is 6.92 Å². The molecule has 1 aromatic rings. The van der Waals surface area contributed by atoms with Crippen LogP contribution in [-0.2, 0) is 0 Å². The van der Waals surface area contributed by atoms with E-state index in [2.05, 4.69) is 5.32 Å². The zero-order valence-corrected chi connectivity index (χ0v) is 10.4. The molecule has 88 valence electrons. The first-order valence-electron chi connectivity index (χ1n) is 5.06. The highest BCUT2D eigenvalue weighted by Gasteiger charge is 2.15. The van der Waals surface area contributed by atoms with Crippen LogP contribution in [0.1, 0.15) is 29.8 Å². The van der Waals surface area contributed by atoms with E-state index >= 15 is 0 Å². The molecule has 0 unspecified atom stereocenters. The molecule has 1 aromatic carbocycles. The molecule has 0 aliphatic rings. The molecule has 0 atom stereocenters. The summed E-state index contributed by atoms with van der Waals surface area (Å²) in [6.07, 6.45) is 0. The van der Waals surface area contributed by atoms with Crippen LogP contribution < -0.4 is 5.32 Å². The molecule has 0 saturated carbocycles. The highest BCUT2D eigenvalue weighted by molar-refractivity contribution is 6.31. The van der Waals surface area contributed by atoms with Gasteiger partial charge in [0.2, 0.25) is 0 Å². The van der Waals surface area contributed by atoms with Crippen LogP contribution in [0.4, 0.5) is 0 Å². The Morgan fingerprint density at radius 2 is 2.06 bits per heavy atom. The smallest absolute Gasteiger partial charge is 0.251 e. The van der Waals surface area contributed by atoms with E-state index in [1.807, 2.05) is 6.92 Å². The molecule has 2 N–H and O–H groups in total. The Morgan fingerprint density at radius 1 is 1.44 bits per heavy atom. The monoisotopic (exact) mass is 241 g/mol. The summed E-state index contributed by atoms with van der Waals surface area (Å²) < 4.78 is 0. The lowest BCUT2D eigenvalue weighted by molar-refractivity contribution is 0.0694. The van der Waals surface area contributed by atoms with Crippen molar-refractivity contribution in [1.29, 1.82) is 0 Å². The average Bonchev–Trinajstić information content (AvgIpc) is 2.11. The Labute approximate surface area is 100 Å². The van der Waals surface area contributed by atoms with Gasteiger partial charge in [-0.2, -0.15) is 0 Å². The number of hydrogen-bond donors (Lipinski definition) is 2. The van der Waals surface area contributed by atoms with Crippen LogP contribution in [-0.4, -0.2) is 23.2 Å². The van der Waals surface area contributed by atoms with E-state index in [1.54, 1.807) is 32.0 Å². The number of aliphatic hydroxyl groups is 1. The number of carbonyl (C=O) groups is 1. The van der Waals surface area contributed by atoms with Gasteiger partial charge in [-0.25, -0.2) is 0 Å². The minimum atomic E-state index is -0.913. The number of carbonyl (C=O) groups excluding carboxylic acids is 1. The fourth-order valence-corrected chi connectivity index (χ4v) is 1.56. The van der Waals surface area contributed by atoms with Gasteiger partial charge in [-0.15, -0.1) is 0 Å². The van der Waals surface area contributed by atoms with Crippen LogP contribution in [0.2, 0.25) is 5.02 Å². The van der Waals surface area contributed by atoms with Crippen LogP contribution >= 0.6 is 11.6 Å². The highest BCUT2D eigenvalue weighted by atomic mass is 35.5. The summed E-state index contributed by atoms with van der Waals surface area (Å²) in [7, 11) is 0. The van der Waals surface area contributed by atoms with Crippen molar-refractivity contribution < 1.29 is 9.90 Å². The predicted molar refractivity (Wildman–Crippen MR) is 64.8 cm³/mol. The summed E-state index contributed by atoms with van der Waals surface area (Å²) in [6, 6.07) is 5.15. The number of halogens is 1. The molecule has 4 heteroatoms. The summed E-state index contributed by atoms with van der Waals surface area (Å²) >= 11 is 5.85. The molecular formula is C12H16ClNO2. The van der Waals surface area contributed by atoms with Crippen LogP contribution in [0.5, 0.6) is 0 Å². The highest BCUT2D eigenvalue weighted by Crippen LogP contribution is 2.14. The van der Waals surface area contributed by atoms with E-state index < -0.39 is 5.60 Å². The van der Waals surface area contributed by atoms with Gasteiger partial charge < -0.3 is 10.4 Å². The van der Waals surface area contributed by atoms with E-state index in [4.69, 9.17) is 11.6 Å². The molecule has 0 bridgehead atoms. The van der Waals surface area contributed by atoms with E-state index in [-0.39, 0.29) is 12.5 Å². The van der Waals surface area contributed by atoms with Gasteiger partial charge in [0.1, 0.15) is 0 Å². The first-order valence-corrected chi connectivity index (χ1v) is 5.43. The van der Waals surface area contributed by atoms with Gasteiger partial charge >= 0.3 is 0 Å². The first-order chi connectivity index (χ1) is 7.28. The van der Waals surface area contributed by atoms with E-state index in [0.717, 1.165) is 5.56 Å². The van der Waals surface area contributed by atoms with Crippen molar-refractivity contribution >= 4 is 17.5 Å². The minimum absolute atomic E-state index is 0.206. The van der Waals surface area contributed by atoms with Crippen molar-refractivity contribution in [2.45, 2.75) is 26.4 Å². The maximum atomic E-state index is 11.7. The Kier molecular flexibility index (Phi) is 3.94. The van der Waals surface area contributed by atoms with Gasteiger partial charge in [0, 0.05) is 17.1 Å². The molecule has 0 aliphatic carbocycles. The molecule has 0 radical (unpaired) electrons. The number of amides is 1. The summed E-state index contributed by atoms with van der Waals surface area (Å²) in [5.41, 5.74) is 0.527. The van der Waals surface area contributed by atoms with Crippen molar-refractivity contribution in [2.24, 2.45) is 0 Å². The fraction of sp³-hybridized carbons (Fsp3) is 0.417. The van der Waals surface area contributed by atoms with Gasteiger partial charge in [-0.1, -0.05) is 11.6 Å². The van der Waals surface area contributed by atoms with Gasteiger partial charge in [-0.05, 0) is 44.5 Å². The Bertz CT molecular complexity index is 376. The third-order valence-electron chi connectivity index (χ3n) is 1.99. The first kappa shape index (κ1) is 13.0. The van der Waals surface area contributed by atoms with E-state index in [0.29, 0.717) is 10.6 Å². The van der Waals surface area contributed by atoms with Gasteiger partial charge in [0.25, 0.3) is 5.91 Å². The maximum Gasteiger partial charge on any atom is 0.251 e.